The van der Waals surface area contributed by atoms with Gasteiger partial charge in [0, 0.05) is 0 Å². The molecule has 0 aliphatic rings. The minimum atomic E-state index is -0.385. The third-order valence-corrected chi connectivity index (χ3v) is 2.30. The Kier molecular flexibility index (Phi) is 5.17. The Balaban J connectivity index is 2.64. The van der Waals surface area contributed by atoms with Crippen LogP contribution >= 0.6 is 11.6 Å². The van der Waals surface area contributed by atoms with Crippen molar-refractivity contribution in [3.8, 4) is 0 Å². The Labute approximate surface area is 95.1 Å². The number of rotatable bonds is 4. The summed E-state index contributed by atoms with van der Waals surface area (Å²) in [4.78, 5) is 0. The van der Waals surface area contributed by atoms with Crippen molar-refractivity contribution in [3.63, 3.8) is 0 Å². The van der Waals surface area contributed by atoms with Gasteiger partial charge in [-0.25, -0.2) is 4.39 Å². The van der Waals surface area contributed by atoms with E-state index in [0.29, 0.717) is 0 Å². The van der Waals surface area contributed by atoms with Gasteiger partial charge in [-0.05, 0) is 42.7 Å². The fourth-order valence-electron chi connectivity index (χ4n) is 1.15. The van der Waals surface area contributed by atoms with Gasteiger partial charge in [-0.3, -0.25) is 0 Å². The molecule has 0 radical (unpaired) electrons. The van der Waals surface area contributed by atoms with Crippen molar-refractivity contribution in [2.24, 2.45) is 0 Å². The molecule has 0 bridgehead atoms. The van der Waals surface area contributed by atoms with Gasteiger partial charge in [-0.1, -0.05) is 31.0 Å². The molecule has 0 aliphatic carbocycles. The van der Waals surface area contributed by atoms with Crippen LogP contribution in [0.4, 0.5) is 4.39 Å². The molecule has 0 aliphatic heterocycles. The molecule has 0 nitrogen and oxygen atoms in total. The molecule has 0 saturated carbocycles. The number of unbranched alkanes of at least 4 members (excludes halogenated alkanes) is 2. The average molecular weight is 225 g/mol. The molecule has 1 rings (SSSR count). The van der Waals surface area contributed by atoms with Crippen molar-refractivity contribution >= 4 is 17.7 Å². The van der Waals surface area contributed by atoms with E-state index in [1.807, 2.05) is 6.08 Å². The second kappa shape index (κ2) is 6.44. The molecule has 2 heteroatoms. The third-order valence-electron chi connectivity index (χ3n) is 2.01. The van der Waals surface area contributed by atoms with Gasteiger partial charge in [0.2, 0.25) is 0 Å². The molecule has 0 N–H and O–H groups in total. The van der Waals surface area contributed by atoms with Gasteiger partial charge in [0.25, 0.3) is 0 Å². The SMILES string of the molecule is CCCCC=C=Cc1ccc(F)c(Cl)c1. The highest BCUT2D eigenvalue weighted by molar-refractivity contribution is 6.30. The summed E-state index contributed by atoms with van der Waals surface area (Å²) in [7, 11) is 0. The molecule has 0 saturated heterocycles. The summed E-state index contributed by atoms with van der Waals surface area (Å²) >= 11 is 5.64. The van der Waals surface area contributed by atoms with Crippen LogP contribution in [0, 0.1) is 5.82 Å². The minimum absolute atomic E-state index is 0.152. The maximum absolute atomic E-state index is 12.8. The molecule has 0 unspecified atom stereocenters. The fourth-order valence-corrected chi connectivity index (χ4v) is 1.34. The van der Waals surface area contributed by atoms with E-state index in [2.05, 4.69) is 12.7 Å². The summed E-state index contributed by atoms with van der Waals surface area (Å²) in [5.74, 6) is -0.385. The maximum atomic E-state index is 12.8. The normalized spacial score (nSPS) is 9.53. The van der Waals surface area contributed by atoms with E-state index < -0.39 is 0 Å². The quantitative estimate of drug-likeness (QED) is 0.507. The van der Waals surface area contributed by atoms with Crippen LogP contribution in [0.15, 0.2) is 30.0 Å². The van der Waals surface area contributed by atoms with Crippen LogP contribution < -0.4 is 0 Å². The monoisotopic (exact) mass is 224 g/mol. The topological polar surface area (TPSA) is 0 Å². The molecule has 0 spiro atoms. The Morgan fingerprint density at radius 2 is 2.27 bits per heavy atom. The van der Waals surface area contributed by atoms with E-state index in [-0.39, 0.29) is 10.8 Å². The van der Waals surface area contributed by atoms with Crippen molar-refractivity contribution in [1.29, 1.82) is 0 Å². The van der Waals surface area contributed by atoms with Crippen LogP contribution in [0.2, 0.25) is 5.02 Å². The molecule has 0 amide bonds. The predicted molar refractivity (Wildman–Crippen MR) is 63.5 cm³/mol. The summed E-state index contributed by atoms with van der Waals surface area (Å²) in [5, 5.41) is 0.152. The van der Waals surface area contributed by atoms with E-state index in [9.17, 15) is 4.39 Å². The first-order valence-electron chi connectivity index (χ1n) is 5.10. The van der Waals surface area contributed by atoms with E-state index >= 15 is 0 Å². The van der Waals surface area contributed by atoms with Crippen LogP contribution in [-0.4, -0.2) is 0 Å². The number of hydrogen-bond acceptors (Lipinski definition) is 0. The second-order valence-corrected chi connectivity index (χ2v) is 3.74. The number of hydrogen-bond donors (Lipinski definition) is 0. The summed E-state index contributed by atoms with van der Waals surface area (Å²) in [6, 6.07) is 4.64. The largest absolute Gasteiger partial charge is 0.205 e. The van der Waals surface area contributed by atoms with E-state index in [1.54, 1.807) is 18.2 Å². The van der Waals surface area contributed by atoms with Crippen molar-refractivity contribution in [2.75, 3.05) is 0 Å². The van der Waals surface area contributed by atoms with Gasteiger partial charge in [0.05, 0.1) is 5.02 Å². The zero-order valence-electron chi connectivity index (χ0n) is 8.76. The average Bonchev–Trinajstić information content (AvgIpc) is 2.23. The number of benzene rings is 1. The van der Waals surface area contributed by atoms with Gasteiger partial charge in [0.1, 0.15) is 5.82 Å². The Bertz CT molecular complexity index is 376. The standard InChI is InChI=1S/C13H14ClF/c1-2-3-4-5-6-7-11-8-9-13(15)12(14)10-11/h5,7-10H,2-4H2,1H3. The predicted octanol–water partition coefficient (Wildman–Crippen LogP) is 4.84. The molecule has 0 atom stereocenters. The molecular weight excluding hydrogens is 211 g/mol. The lowest BCUT2D eigenvalue weighted by molar-refractivity contribution is 0.628. The Morgan fingerprint density at radius 3 is 2.93 bits per heavy atom. The van der Waals surface area contributed by atoms with Crippen LogP contribution in [0.1, 0.15) is 31.7 Å². The molecular formula is C13H14ClF. The van der Waals surface area contributed by atoms with Gasteiger partial charge >= 0.3 is 0 Å². The summed E-state index contributed by atoms with van der Waals surface area (Å²) in [6.07, 6.45) is 7.18. The summed E-state index contributed by atoms with van der Waals surface area (Å²) in [5.41, 5.74) is 3.92. The van der Waals surface area contributed by atoms with Crippen molar-refractivity contribution in [2.45, 2.75) is 26.2 Å². The first-order chi connectivity index (χ1) is 7.24. The maximum Gasteiger partial charge on any atom is 0.141 e. The minimum Gasteiger partial charge on any atom is -0.205 e. The lowest BCUT2D eigenvalue weighted by Crippen LogP contribution is -1.77. The zero-order chi connectivity index (χ0) is 11.1. The first-order valence-corrected chi connectivity index (χ1v) is 5.48. The molecule has 15 heavy (non-hydrogen) atoms. The first kappa shape index (κ1) is 12.0. The van der Waals surface area contributed by atoms with Crippen molar-refractivity contribution < 1.29 is 4.39 Å². The highest BCUT2D eigenvalue weighted by Crippen LogP contribution is 2.16. The van der Waals surface area contributed by atoms with Crippen LogP contribution in [0.3, 0.4) is 0 Å². The van der Waals surface area contributed by atoms with Crippen molar-refractivity contribution in [3.05, 3.63) is 46.4 Å². The van der Waals surface area contributed by atoms with Crippen LogP contribution in [0.5, 0.6) is 0 Å². The lowest BCUT2D eigenvalue weighted by Gasteiger charge is -1.94. The summed E-state index contributed by atoms with van der Waals surface area (Å²) < 4.78 is 12.8. The second-order valence-electron chi connectivity index (χ2n) is 3.33. The number of halogens is 2. The highest BCUT2D eigenvalue weighted by Gasteiger charge is 1.97. The van der Waals surface area contributed by atoms with Gasteiger partial charge in [0.15, 0.2) is 0 Å². The fraction of sp³-hybridized carbons (Fsp3) is 0.308. The van der Waals surface area contributed by atoms with Gasteiger partial charge in [-0.15, -0.1) is 5.73 Å². The Morgan fingerprint density at radius 1 is 1.47 bits per heavy atom. The molecule has 80 valence electrons. The Hall–Kier alpha value is -1.04. The van der Waals surface area contributed by atoms with Crippen molar-refractivity contribution in [1.82, 2.24) is 0 Å². The van der Waals surface area contributed by atoms with E-state index in [1.165, 1.54) is 18.9 Å². The van der Waals surface area contributed by atoms with E-state index in [4.69, 9.17) is 11.6 Å². The molecule has 1 aromatic carbocycles. The third kappa shape index (κ3) is 4.33. The summed E-state index contributed by atoms with van der Waals surface area (Å²) in [6.45, 7) is 2.15. The van der Waals surface area contributed by atoms with Crippen LogP contribution in [-0.2, 0) is 0 Å². The zero-order valence-corrected chi connectivity index (χ0v) is 9.52. The van der Waals surface area contributed by atoms with Crippen LogP contribution in [0.25, 0.3) is 6.08 Å². The van der Waals surface area contributed by atoms with Gasteiger partial charge < -0.3 is 0 Å². The lowest BCUT2D eigenvalue weighted by atomic mass is 10.2. The smallest absolute Gasteiger partial charge is 0.141 e. The van der Waals surface area contributed by atoms with E-state index in [0.717, 1.165) is 12.0 Å². The molecule has 0 fully saturated rings. The highest BCUT2D eigenvalue weighted by atomic mass is 35.5. The number of allylic oxidation sites excluding steroid dienone is 1. The molecule has 0 heterocycles. The van der Waals surface area contributed by atoms with Gasteiger partial charge in [-0.2, -0.15) is 0 Å². The molecule has 0 aromatic heterocycles. The molecule has 1 aromatic rings.